The summed E-state index contributed by atoms with van der Waals surface area (Å²) >= 11 is 0. The molecule has 2 aromatic carbocycles. The fourth-order valence-corrected chi connectivity index (χ4v) is 3.85. The van der Waals surface area contributed by atoms with Crippen LogP contribution in [0.2, 0.25) is 0 Å². The van der Waals surface area contributed by atoms with Gasteiger partial charge in [-0.2, -0.15) is 0 Å². The fraction of sp³-hybridized carbons (Fsp3) is 0.360. The van der Waals surface area contributed by atoms with Crippen LogP contribution >= 0.6 is 0 Å². The van der Waals surface area contributed by atoms with Gasteiger partial charge in [0.1, 0.15) is 11.6 Å². The first-order chi connectivity index (χ1) is 15.8. The van der Waals surface area contributed by atoms with E-state index in [1.165, 1.54) is 5.56 Å². The molecule has 1 N–H and O–H groups in total. The van der Waals surface area contributed by atoms with Crippen molar-refractivity contribution in [3.8, 4) is 11.4 Å². The van der Waals surface area contributed by atoms with E-state index in [-0.39, 0.29) is 6.10 Å². The second kappa shape index (κ2) is 9.05. The van der Waals surface area contributed by atoms with Gasteiger partial charge in [0, 0.05) is 11.1 Å². The second-order valence-corrected chi connectivity index (χ2v) is 8.58. The summed E-state index contributed by atoms with van der Waals surface area (Å²) in [6.07, 6.45) is -1.61. The number of amides is 1. The molecule has 2 heterocycles. The van der Waals surface area contributed by atoms with E-state index in [9.17, 15) is 4.79 Å². The number of hydrogen-bond donors (Lipinski definition) is 1. The van der Waals surface area contributed by atoms with Crippen molar-refractivity contribution < 1.29 is 14.3 Å². The Morgan fingerprint density at radius 1 is 1.06 bits per heavy atom. The topological polar surface area (TPSA) is 90.6 Å². The van der Waals surface area contributed by atoms with Crippen LogP contribution in [0.25, 0.3) is 5.69 Å². The van der Waals surface area contributed by atoms with Crippen LogP contribution in [0.3, 0.4) is 0 Å². The van der Waals surface area contributed by atoms with Gasteiger partial charge >= 0.3 is 6.09 Å². The number of aryl methyl sites for hydroxylation is 1. The fourth-order valence-electron chi connectivity index (χ4n) is 3.85. The third-order valence-electron chi connectivity index (χ3n) is 5.50. The van der Waals surface area contributed by atoms with Crippen molar-refractivity contribution in [2.45, 2.75) is 52.8 Å². The quantitative estimate of drug-likeness (QED) is 0.613. The van der Waals surface area contributed by atoms with Crippen LogP contribution in [0.4, 0.5) is 4.79 Å². The Balaban J connectivity index is 1.91. The lowest BCUT2D eigenvalue weighted by Gasteiger charge is -2.16. The lowest BCUT2D eigenvalue weighted by atomic mass is 9.96. The molecule has 0 saturated heterocycles. The monoisotopic (exact) mass is 447 g/mol. The summed E-state index contributed by atoms with van der Waals surface area (Å²) in [5.41, 5.74) is 4.61. The SMILES string of the molecule is COc1ccc2c(c1)C(c1ccc(C(C)C)cc1)=N[C@@H](NC(=O)OC(C)C)c1nnc(C)n1-2. The van der Waals surface area contributed by atoms with Crippen LogP contribution in [-0.4, -0.2) is 39.8 Å². The molecule has 1 aromatic heterocycles. The van der Waals surface area contributed by atoms with Gasteiger partial charge in [0.2, 0.25) is 0 Å². The standard InChI is InChI=1S/C25H29N5O3/c1-14(2)17-7-9-18(10-8-17)22-20-13-19(32-6)11-12-21(20)30-16(5)28-29-24(30)23(26-22)27-25(31)33-15(3)4/h7-15,23H,1-6H3,(H,27,31)/t23-/m0/s1. The van der Waals surface area contributed by atoms with Gasteiger partial charge < -0.3 is 9.47 Å². The first-order valence-electron chi connectivity index (χ1n) is 11.0. The zero-order valence-corrected chi connectivity index (χ0v) is 19.8. The van der Waals surface area contributed by atoms with Gasteiger partial charge in [-0.25, -0.2) is 4.79 Å². The first-order valence-corrected chi connectivity index (χ1v) is 11.0. The molecule has 8 nitrogen and oxygen atoms in total. The van der Waals surface area contributed by atoms with Crippen LogP contribution in [0.15, 0.2) is 47.5 Å². The minimum Gasteiger partial charge on any atom is -0.497 e. The van der Waals surface area contributed by atoms with Crippen LogP contribution in [0.1, 0.15) is 68.1 Å². The summed E-state index contributed by atoms with van der Waals surface area (Å²) in [6, 6.07) is 14.1. The Morgan fingerprint density at radius 3 is 2.42 bits per heavy atom. The molecular weight excluding hydrogens is 418 g/mol. The molecule has 0 radical (unpaired) electrons. The number of aromatic nitrogens is 3. The van der Waals surface area contributed by atoms with E-state index in [2.05, 4.69) is 53.6 Å². The van der Waals surface area contributed by atoms with Crippen molar-refractivity contribution in [3.05, 3.63) is 70.8 Å². The molecule has 0 spiro atoms. The molecule has 1 aliphatic heterocycles. The van der Waals surface area contributed by atoms with E-state index in [1.54, 1.807) is 21.0 Å². The van der Waals surface area contributed by atoms with Crippen molar-refractivity contribution in [2.24, 2.45) is 4.99 Å². The van der Waals surface area contributed by atoms with Crippen LogP contribution in [-0.2, 0) is 4.74 Å². The number of benzene rings is 2. The van der Waals surface area contributed by atoms with E-state index in [4.69, 9.17) is 14.5 Å². The largest absolute Gasteiger partial charge is 0.497 e. The zero-order chi connectivity index (χ0) is 23.7. The minimum absolute atomic E-state index is 0.260. The Morgan fingerprint density at radius 2 is 1.79 bits per heavy atom. The van der Waals surface area contributed by atoms with Gasteiger partial charge in [0.25, 0.3) is 0 Å². The van der Waals surface area contributed by atoms with Crippen molar-refractivity contribution >= 4 is 11.8 Å². The lowest BCUT2D eigenvalue weighted by Crippen LogP contribution is -2.31. The summed E-state index contributed by atoms with van der Waals surface area (Å²) in [7, 11) is 1.63. The molecular formula is C25H29N5O3. The van der Waals surface area contributed by atoms with Crippen LogP contribution in [0.5, 0.6) is 5.75 Å². The number of carbonyl (C=O) groups excluding carboxylic acids is 1. The van der Waals surface area contributed by atoms with Crippen LogP contribution in [0, 0.1) is 6.92 Å². The molecule has 172 valence electrons. The van der Waals surface area contributed by atoms with E-state index in [1.807, 2.05) is 29.7 Å². The van der Waals surface area contributed by atoms with Gasteiger partial charge in [0.15, 0.2) is 12.0 Å². The number of hydrogen-bond acceptors (Lipinski definition) is 6. The van der Waals surface area contributed by atoms with Gasteiger partial charge in [0.05, 0.1) is 24.6 Å². The Labute approximate surface area is 193 Å². The van der Waals surface area contributed by atoms with Crippen molar-refractivity contribution in [1.29, 1.82) is 0 Å². The molecule has 0 bridgehead atoms. The summed E-state index contributed by atoms with van der Waals surface area (Å²) in [4.78, 5) is 17.5. The number of ether oxygens (including phenoxy) is 2. The number of alkyl carbamates (subject to hydrolysis) is 1. The van der Waals surface area contributed by atoms with Crippen molar-refractivity contribution in [2.75, 3.05) is 7.11 Å². The summed E-state index contributed by atoms with van der Waals surface area (Å²) in [5.74, 6) is 2.32. The normalized spacial score (nSPS) is 14.9. The number of nitrogens with zero attached hydrogens (tertiary/aromatic N) is 4. The van der Waals surface area contributed by atoms with Crippen molar-refractivity contribution in [1.82, 2.24) is 20.1 Å². The molecule has 0 fully saturated rings. The molecule has 0 saturated carbocycles. The van der Waals surface area contributed by atoms with E-state index in [0.29, 0.717) is 23.3 Å². The van der Waals surface area contributed by atoms with Gasteiger partial charge in [-0.15, -0.1) is 10.2 Å². The lowest BCUT2D eigenvalue weighted by molar-refractivity contribution is 0.112. The third-order valence-corrected chi connectivity index (χ3v) is 5.50. The Bertz CT molecular complexity index is 1200. The predicted octanol–water partition coefficient (Wildman–Crippen LogP) is 4.69. The Hall–Kier alpha value is -3.68. The molecule has 1 amide bonds. The minimum atomic E-state index is -0.782. The van der Waals surface area contributed by atoms with E-state index >= 15 is 0 Å². The molecule has 0 unspecified atom stereocenters. The summed E-state index contributed by atoms with van der Waals surface area (Å²) in [5, 5.41) is 11.4. The predicted molar refractivity (Wildman–Crippen MR) is 126 cm³/mol. The highest BCUT2D eigenvalue weighted by molar-refractivity contribution is 6.15. The number of rotatable bonds is 5. The van der Waals surface area contributed by atoms with Gasteiger partial charge in [-0.3, -0.25) is 14.9 Å². The number of carbonyl (C=O) groups is 1. The van der Waals surface area contributed by atoms with Gasteiger partial charge in [-0.1, -0.05) is 38.1 Å². The molecule has 8 heteroatoms. The average Bonchev–Trinajstić information content (AvgIpc) is 3.10. The Kier molecular flexibility index (Phi) is 6.18. The molecule has 1 atom stereocenters. The van der Waals surface area contributed by atoms with Crippen LogP contribution < -0.4 is 10.1 Å². The second-order valence-electron chi connectivity index (χ2n) is 8.58. The summed E-state index contributed by atoms with van der Waals surface area (Å²) in [6.45, 7) is 9.79. The molecule has 33 heavy (non-hydrogen) atoms. The van der Waals surface area contributed by atoms with E-state index in [0.717, 1.165) is 22.5 Å². The maximum atomic E-state index is 12.5. The third kappa shape index (κ3) is 4.46. The van der Waals surface area contributed by atoms with E-state index < -0.39 is 12.3 Å². The number of methoxy groups -OCH3 is 1. The average molecular weight is 448 g/mol. The zero-order valence-electron chi connectivity index (χ0n) is 19.8. The first kappa shape index (κ1) is 22.5. The molecule has 1 aliphatic rings. The highest BCUT2D eigenvalue weighted by Gasteiger charge is 2.30. The summed E-state index contributed by atoms with van der Waals surface area (Å²) < 4.78 is 12.7. The van der Waals surface area contributed by atoms with Crippen molar-refractivity contribution in [3.63, 3.8) is 0 Å². The highest BCUT2D eigenvalue weighted by atomic mass is 16.6. The smallest absolute Gasteiger partial charge is 0.409 e. The molecule has 4 rings (SSSR count). The number of fused-ring (bicyclic) bond motifs is 3. The number of nitrogens with one attached hydrogen (secondary N) is 1. The maximum Gasteiger partial charge on any atom is 0.409 e. The van der Waals surface area contributed by atoms with Gasteiger partial charge in [-0.05, 0) is 50.5 Å². The molecule has 3 aromatic rings. The number of aliphatic imine (C=N–C) groups is 1. The highest BCUT2D eigenvalue weighted by Crippen LogP contribution is 2.32. The maximum absolute atomic E-state index is 12.5. The molecule has 0 aliphatic carbocycles.